The van der Waals surface area contributed by atoms with Gasteiger partial charge in [0.05, 0.1) is 0 Å². The molecule has 1 fully saturated rings. The fraction of sp³-hybridized carbons (Fsp3) is 0.500. The fourth-order valence-corrected chi connectivity index (χ4v) is 2.26. The number of para-hydroxylation sites is 1. The summed E-state index contributed by atoms with van der Waals surface area (Å²) < 4.78 is 0. The maximum atomic E-state index is 11.9. The van der Waals surface area contributed by atoms with E-state index < -0.39 is 0 Å². The normalized spacial score (nSPS) is 17.1. The molecule has 0 bridgehead atoms. The second kappa shape index (κ2) is 9.86. The zero-order valence-electron chi connectivity index (χ0n) is 11.7. The fourth-order valence-electron chi connectivity index (χ4n) is 2.26. The van der Waals surface area contributed by atoms with E-state index in [2.05, 4.69) is 22.8 Å². The molecule has 1 atom stereocenters. The van der Waals surface area contributed by atoms with Crippen molar-refractivity contribution in [1.82, 2.24) is 10.2 Å². The number of carbonyl (C=O) groups excluding carboxylic acids is 1. The molecular weight excluding hydrogens is 297 g/mol. The van der Waals surface area contributed by atoms with Crippen molar-refractivity contribution in [3.05, 3.63) is 30.3 Å². The van der Waals surface area contributed by atoms with Crippen LogP contribution in [0.2, 0.25) is 0 Å². The van der Waals surface area contributed by atoms with Gasteiger partial charge in [0.15, 0.2) is 0 Å². The van der Waals surface area contributed by atoms with Gasteiger partial charge in [-0.25, -0.2) is 0 Å². The average Bonchev–Trinajstić information content (AvgIpc) is 2.86. The molecule has 1 unspecified atom stereocenters. The Morgan fingerprint density at radius 1 is 1.30 bits per heavy atom. The number of hydrogen-bond acceptors (Lipinski definition) is 3. The Morgan fingerprint density at radius 2 is 2.00 bits per heavy atom. The van der Waals surface area contributed by atoms with Crippen molar-refractivity contribution in [1.29, 1.82) is 0 Å². The Labute approximate surface area is 133 Å². The molecule has 1 aromatic rings. The van der Waals surface area contributed by atoms with E-state index in [4.69, 9.17) is 0 Å². The van der Waals surface area contributed by atoms with Crippen molar-refractivity contribution in [2.75, 3.05) is 32.0 Å². The van der Waals surface area contributed by atoms with Crippen LogP contribution in [0.15, 0.2) is 30.3 Å². The second-order valence-electron chi connectivity index (χ2n) is 4.69. The highest BCUT2D eigenvalue weighted by Gasteiger charge is 2.25. The van der Waals surface area contributed by atoms with Gasteiger partial charge in [-0.05, 0) is 25.6 Å². The lowest BCUT2D eigenvalue weighted by Crippen LogP contribution is -2.33. The van der Waals surface area contributed by atoms with Gasteiger partial charge in [0.1, 0.15) is 0 Å². The zero-order valence-corrected chi connectivity index (χ0v) is 13.3. The zero-order chi connectivity index (χ0) is 12.8. The molecule has 1 aliphatic heterocycles. The molecule has 1 aliphatic rings. The molecule has 0 radical (unpaired) electrons. The first-order valence-corrected chi connectivity index (χ1v) is 6.53. The molecule has 0 spiro atoms. The molecule has 1 saturated heterocycles. The standard InChI is InChI=1S/C14H21N3O.2ClH/c1-15-9-7-14(18)17-10-8-13(11-17)16-12-5-3-2-4-6-12;;/h2-6,13,15-16H,7-11H2,1H3;2*1H. The summed E-state index contributed by atoms with van der Waals surface area (Å²) in [5.74, 6) is 0.252. The van der Waals surface area contributed by atoms with Crippen LogP contribution in [0.3, 0.4) is 0 Å². The van der Waals surface area contributed by atoms with E-state index in [9.17, 15) is 4.79 Å². The number of amides is 1. The third-order valence-corrected chi connectivity index (χ3v) is 3.27. The summed E-state index contributed by atoms with van der Waals surface area (Å²) in [4.78, 5) is 13.8. The van der Waals surface area contributed by atoms with Gasteiger partial charge in [0.2, 0.25) is 5.91 Å². The van der Waals surface area contributed by atoms with Crippen LogP contribution in [0.5, 0.6) is 0 Å². The highest BCUT2D eigenvalue weighted by Crippen LogP contribution is 2.16. The smallest absolute Gasteiger partial charge is 0.223 e. The first kappa shape index (κ1) is 19.0. The monoisotopic (exact) mass is 319 g/mol. The number of nitrogens with zero attached hydrogens (tertiary/aromatic N) is 1. The van der Waals surface area contributed by atoms with E-state index in [-0.39, 0.29) is 30.7 Å². The minimum Gasteiger partial charge on any atom is -0.380 e. The lowest BCUT2D eigenvalue weighted by atomic mass is 10.2. The number of hydrogen-bond donors (Lipinski definition) is 2. The van der Waals surface area contributed by atoms with Crippen molar-refractivity contribution in [2.45, 2.75) is 18.9 Å². The van der Waals surface area contributed by atoms with Crippen molar-refractivity contribution in [2.24, 2.45) is 0 Å². The molecule has 6 heteroatoms. The number of rotatable bonds is 5. The minimum absolute atomic E-state index is 0. The quantitative estimate of drug-likeness (QED) is 0.874. The first-order valence-electron chi connectivity index (χ1n) is 6.53. The average molecular weight is 320 g/mol. The van der Waals surface area contributed by atoms with Crippen LogP contribution in [-0.4, -0.2) is 43.5 Å². The SMILES string of the molecule is CNCCC(=O)N1CCC(Nc2ccccc2)C1.Cl.Cl. The van der Waals surface area contributed by atoms with Gasteiger partial charge in [0, 0.05) is 37.8 Å². The highest BCUT2D eigenvalue weighted by molar-refractivity contribution is 5.85. The van der Waals surface area contributed by atoms with Crippen LogP contribution < -0.4 is 10.6 Å². The third kappa shape index (κ3) is 5.57. The third-order valence-electron chi connectivity index (χ3n) is 3.27. The van der Waals surface area contributed by atoms with Crippen molar-refractivity contribution < 1.29 is 4.79 Å². The first-order chi connectivity index (χ1) is 8.79. The van der Waals surface area contributed by atoms with E-state index in [1.54, 1.807) is 0 Å². The number of anilines is 1. The van der Waals surface area contributed by atoms with Crippen LogP contribution >= 0.6 is 24.8 Å². The van der Waals surface area contributed by atoms with Crippen LogP contribution in [0.4, 0.5) is 5.69 Å². The van der Waals surface area contributed by atoms with Crippen molar-refractivity contribution >= 4 is 36.4 Å². The van der Waals surface area contributed by atoms with Crippen LogP contribution in [0.25, 0.3) is 0 Å². The molecule has 114 valence electrons. The van der Waals surface area contributed by atoms with E-state index in [1.807, 2.05) is 30.1 Å². The van der Waals surface area contributed by atoms with Gasteiger partial charge in [-0.1, -0.05) is 18.2 Å². The Balaban J connectivity index is 0.00000180. The van der Waals surface area contributed by atoms with Crippen LogP contribution in [0.1, 0.15) is 12.8 Å². The summed E-state index contributed by atoms with van der Waals surface area (Å²) in [5.41, 5.74) is 1.13. The summed E-state index contributed by atoms with van der Waals surface area (Å²) in [6, 6.07) is 10.6. The number of halogens is 2. The molecule has 2 N–H and O–H groups in total. The molecule has 1 aromatic carbocycles. The number of nitrogens with one attached hydrogen (secondary N) is 2. The molecule has 0 aromatic heterocycles. The van der Waals surface area contributed by atoms with E-state index >= 15 is 0 Å². The van der Waals surface area contributed by atoms with E-state index in [0.717, 1.165) is 31.7 Å². The summed E-state index contributed by atoms with van der Waals surface area (Å²) >= 11 is 0. The van der Waals surface area contributed by atoms with Crippen LogP contribution in [0, 0.1) is 0 Å². The molecule has 0 saturated carbocycles. The Morgan fingerprint density at radius 3 is 2.65 bits per heavy atom. The predicted octanol–water partition coefficient (Wildman–Crippen LogP) is 2.15. The summed E-state index contributed by atoms with van der Waals surface area (Å²) in [6.45, 7) is 2.44. The lowest BCUT2D eigenvalue weighted by Gasteiger charge is -2.17. The van der Waals surface area contributed by atoms with Crippen LogP contribution in [-0.2, 0) is 4.79 Å². The highest BCUT2D eigenvalue weighted by atomic mass is 35.5. The molecule has 0 aliphatic carbocycles. The molecular formula is C14H23Cl2N3O. The van der Waals surface area contributed by atoms with Gasteiger partial charge < -0.3 is 15.5 Å². The van der Waals surface area contributed by atoms with E-state index in [0.29, 0.717) is 12.5 Å². The maximum Gasteiger partial charge on any atom is 0.223 e. The number of benzene rings is 1. The number of carbonyl (C=O) groups is 1. The lowest BCUT2D eigenvalue weighted by molar-refractivity contribution is -0.130. The molecule has 4 nitrogen and oxygen atoms in total. The number of likely N-dealkylation sites (tertiary alicyclic amines) is 1. The van der Waals surface area contributed by atoms with Gasteiger partial charge in [-0.15, -0.1) is 24.8 Å². The van der Waals surface area contributed by atoms with Crippen molar-refractivity contribution in [3.8, 4) is 0 Å². The maximum absolute atomic E-state index is 11.9. The van der Waals surface area contributed by atoms with Gasteiger partial charge in [-0.3, -0.25) is 4.79 Å². The summed E-state index contributed by atoms with van der Waals surface area (Å²) in [7, 11) is 1.87. The minimum atomic E-state index is 0. The van der Waals surface area contributed by atoms with Crippen molar-refractivity contribution in [3.63, 3.8) is 0 Å². The molecule has 20 heavy (non-hydrogen) atoms. The summed E-state index contributed by atoms with van der Waals surface area (Å²) in [6.07, 6.45) is 1.62. The Bertz CT molecular complexity index is 389. The molecule has 1 amide bonds. The second-order valence-corrected chi connectivity index (χ2v) is 4.69. The van der Waals surface area contributed by atoms with Gasteiger partial charge >= 0.3 is 0 Å². The topological polar surface area (TPSA) is 44.4 Å². The van der Waals surface area contributed by atoms with Gasteiger partial charge in [0.25, 0.3) is 0 Å². The Kier molecular flexibility index (Phi) is 9.38. The summed E-state index contributed by atoms with van der Waals surface area (Å²) in [5, 5.41) is 6.48. The predicted molar refractivity (Wildman–Crippen MR) is 88.1 cm³/mol. The van der Waals surface area contributed by atoms with Gasteiger partial charge in [-0.2, -0.15) is 0 Å². The molecule has 1 heterocycles. The van der Waals surface area contributed by atoms with E-state index in [1.165, 1.54) is 0 Å². The largest absolute Gasteiger partial charge is 0.380 e. The molecule has 2 rings (SSSR count). The Hall–Kier alpha value is -0.970.